The number of urea groups is 1. The number of carbonyl (C=O) groups is 9. The normalized spacial score (nSPS) is 24.3. The molecule has 20 nitrogen and oxygen atoms in total. The Kier molecular flexibility index (Phi) is 25.8. The average molecular weight is 1290 g/mol. The van der Waals surface area contributed by atoms with E-state index in [-0.39, 0.29) is 75.4 Å². The van der Waals surface area contributed by atoms with Crippen LogP contribution in [0.3, 0.4) is 0 Å². The van der Waals surface area contributed by atoms with Gasteiger partial charge in [-0.1, -0.05) is 90.8 Å². The second kappa shape index (κ2) is 31.5. The summed E-state index contributed by atoms with van der Waals surface area (Å²) in [5.41, 5.74) is 5.09. The lowest BCUT2D eigenvalue weighted by Gasteiger charge is -2.41. The summed E-state index contributed by atoms with van der Waals surface area (Å²) >= 11 is 10.0. The first kappa shape index (κ1) is 70.4. The monoisotopic (exact) mass is 1280 g/mol. The predicted octanol–water partition coefficient (Wildman–Crippen LogP) is 7.85. The highest BCUT2D eigenvalue weighted by Crippen LogP contribution is 2.50. The maximum atomic E-state index is 16.2. The lowest BCUT2D eigenvalue weighted by atomic mass is 9.78. The van der Waals surface area contributed by atoms with Crippen LogP contribution in [0.5, 0.6) is 0 Å². The number of alkyl halides is 1. The molecule has 2 saturated heterocycles. The molecule has 0 aliphatic carbocycles. The van der Waals surface area contributed by atoms with Crippen LogP contribution >= 0.6 is 27.5 Å². The average Bonchev–Trinajstić information content (AvgIpc) is 1.61. The van der Waals surface area contributed by atoms with E-state index in [1.54, 1.807) is 53.0 Å². The number of Topliss-reactive ketones (excluding diaryl/α,β-unsaturated/α-hetero) is 2. The molecule has 4 bridgehead atoms. The van der Waals surface area contributed by atoms with Gasteiger partial charge in [-0.25, -0.2) is 18.8 Å². The molecule has 0 aromatic heterocycles. The lowest BCUT2D eigenvalue weighted by Crippen LogP contribution is -2.53. The van der Waals surface area contributed by atoms with E-state index in [1.807, 2.05) is 26.0 Å². The van der Waals surface area contributed by atoms with Gasteiger partial charge in [0, 0.05) is 76.2 Å². The number of ketones is 2. The number of methoxy groups -OCH3 is 1. The molecule has 3 aliphatic rings. The zero-order valence-corrected chi connectivity index (χ0v) is 53.2. The molecule has 0 radical (unpaired) electrons. The zero-order valence-electron chi connectivity index (χ0n) is 50.9. The van der Waals surface area contributed by atoms with Crippen LogP contribution < -0.4 is 21.3 Å². The number of halogens is 3. The first-order valence-electron chi connectivity index (χ1n) is 29.0. The van der Waals surface area contributed by atoms with E-state index in [2.05, 4.69) is 33.1 Å². The molecule has 0 unspecified atom stereocenters. The third-order valence-electron chi connectivity index (χ3n) is 16.4. The number of nitrogens with two attached hydrogens (primary N) is 1. The quantitative estimate of drug-likeness (QED) is 0.0184. The first-order chi connectivity index (χ1) is 40.4. The van der Waals surface area contributed by atoms with Gasteiger partial charge in [-0.2, -0.15) is 0 Å². The minimum absolute atomic E-state index is 0.0308. The Bertz CT molecular complexity index is 2940. The van der Waals surface area contributed by atoms with Gasteiger partial charge in [0.1, 0.15) is 47.2 Å². The molecule has 86 heavy (non-hydrogen) atoms. The van der Waals surface area contributed by atoms with Gasteiger partial charge in [-0.3, -0.25) is 28.8 Å². The van der Waals surface area contributed by atoms with E-state index in [4.69, 9.17) is 41.0 Å². The van der Waals surface area contributed by atoms with Gasteiger partial charge < -0.3 is 55.0 Å². The number of nitrogens with one attached hydrogen (secondary N) is 2. The SMILES string of the molecule is C=C(CBr)C(=O)OCCCCCC(=O)C[C@H](C(=O)N[C@@H](CCCNC(N)=O)C(=O)Cc1ccc(C(=O)N(C)[C@@H](C)C(=O)O[C@H]2CC(=O)N(C)c3cc(cc(C)c3Cl)C/C(C)=C/C=C/[C@@H](OC)[C@]3(O)CC(=O)O[C@@H](C3)[C@@H](C)[C@@H]3O[C@@]23C)c(F)c1)C(C)C. The summed E-state index contributed by atoms with van der Waals surface area (Å²) < 4.78 is 45.4. The minimum Gasteiger partial charge on any atom is -0.462 e. The molecular weight excluding hydrogens is 1200 g/mol. The number of esters is 3. The number of allylic oxidation sites excluding steroid dienone is 3. The highest BCUT2D eigenvalue weighted by Gasteiger charge is 2.64. The Morgan fingerprint density at radius 1 is 1.06 bits per heavy atom. The van der Waals surface area contributed by atoms with Gasteiger partial charge in [0.05, 0.1) is 47.9 Å². The molecule has 2 aromatic rings. The van der Waals surface area contributed by atoms with E-state index < -0.39 is 125 Å². The second-order valence-electron chi connectivity index (χ2n) is 23.5. The Labute approximate surface area is 516 Å². The highest BCUT2D eigenvalue weighted by molar-refractivity contribution is 9.09. The number of hydrogen-bond acceptors (Lipinski definition) is 15. The van der Waals surface area contributed by atoms with Crippen molar-refractivity contribution in [2.24, 2.45) is 23.5 Å². The van der Waals surface area contributed by atoms with Gasteiger partial charge in [-0.15, -0.1) is 0 Å². The zero-order chi connectivity index (χ0) is 64.0. The number of benzene rings is 2. The number of epoxide rings is 1. The molecule has 5 rings (SSSR count). The number of primary amides is 1. The summed E-state index contributed by atoms with van der Waals surface area (Å²) in [6, 6.07) is 3.97. The van der Waals surface area contributed by atoms with E-state index in [1.165, 1.54) is 38.1 Å². The summed E-state index contributed by atoms with van der Waals surface area (Å²) in [5, 5.41) is 17.9. The van der Waals surface area contributed by atoms with Crippen molar-refractivity contribution in [2.75, 3.05) is 44.6 Å². The number of rotatable bonds is 25. The van der Waals surface area contributed by atoms with Crippen LogP contribution in [0, 0.1) is 30.5 Å². The van der Waals surface area contributed by atoms with Crippen molar-refractivity contribution in [2.45, 2.75) is 173 Å². The largest absolute Gasteiger partial charge is 0.462 e. The molecule has 2 aromatic carbocycles. The van der Waals surface area contributed by atoms with Crippen molar-refractivity contribution in [1.82, 2.24) is 15.5 Å². The van der Waals surface area contributed by atoms with Crippen LogP contribution in [0.4, 0.5) is 14.9 Å². The molecule has 10 atom stereocenters. The summed E-state index contributed by atoms with van der Waals surface area (Å²) in [6.07, 6.45) is 2.71. The molecule has 0 spiro atoms. The molecule has 0 saturated carbocycles. The van der Waals surface area contributed by atoms with Crippen LogP contribution in [0.2, 0.25) is 5.02 Å². The highest BCUT2D eigenvalue weighted by atomic mass is 79.9. The van der Waals surface area contributed by atoms with Crippen molar-refractivity contribution in [3.05, 3.63) is 99.4 Å². The minimum atomic E-state index is -1.67. The van der Waals surface area contributed by atoms with Crippen LogP contribution in [0.15, 0.2) is 66.3 Å². The van der Waals surface area contributed by atoms with Crippen molar-refractivity contribution in [3.63, 3.8) is 0 Å². The molecule has 23 heteroatoms. The van der Waals surface area contributed by atoms with E-state index >= 15 is 4.39 Å². The number of hydrogen-bond donors (Lipinski definition) is 4. The molecule has 3 heterocycles. The summed E-state index contributed by atoms with van der Waals surface area (Å²) in [6.45, 7) is 16.0. The molecular formula is C63H84BrClFN5O15. The maximum absolute atomic E-state index is 16.2. The topological polar surface area (TPSA) is 280 Å². The number of amides is 5. The molecule has 5 N–H and O–H groups in total. The predicted molar refractivity (Wildman–Crippen MR) is 324 cm³/mol. The first-order valence-corrected chi connectivity index (χ1v) is 30.5. The van der Waals surface area contributed by atoms with Crippen LogP contribution in [-0.2, 0) is 70.1 Å². The van der Waals surface area contributed by atoms with Gasteiger partial charge in [0.2, 0.25) is 11.8 Å². The number of ether oxygens (including phenoxy) is 5. The smallest absolute Gasteiger partial charge is 0.334 e. The molecule has 2 fully saturated rings. The third-order valence-corrected chi connectivity index (χ3v) is 17.6. The Morgan fingerprint density at radius 3 is 2.42 bits per heavy atom. The van der Waals surface area contributed by atoms with Crippen molar-refractivity contribution >= 4 is 86.4 Å². The Morgan fingerprint density at radius 2 is 1.77 bits per heavy atom. The van der Waals surface area contributed by atoms with Crippen LogP contribution in [-0.4, -0.2) is 151 Å². The van der Waals surface area contributed by atoms with Crippen LogP contribution in [0.25, 0.3) is 0 Å². The fourth-order valence-corrected chi connectivity index (χ4v) is 11.3. The van der Waals surface area contributed by atoms with E-state index in [9.17, 15) is 48.3 Å². The van der Waals surface area contributed by atoms with E-state index in [0.717, 1.165) is 22.1 Å². The van der Waals surface area contributed by atoms with Gasteiger partial charge in [0.25, 0.3) is 5.91 Å². The second-order valence-corrected chi connectivity index (χ2v) is 24.4. The number of unbranched alkanes of at least 4 members (excludes halogenated alkanes) is 2. The van der Waals surface area contributed by atoms with E-state index in [0.29, 0.717) is 52.9 Å². The number of fused-ring (bicyclic) bond motifs is 5. The standard InChI is InChI=1S/C63H84BrClFN5O15/c1-35(2)45(30-43(72)18-13-12-14-24-83-59(78)38(5)34-64)57(76)69-47(19-16-23-68-61(67)80)49(73)29-41-21-22-44(46(66)27-41)58(77)70(9)40(7)60(79)85-52-31-53(74)71(10)48-28-42(26-37(4)55(48)65)25-36(3)17-15-20-51(82-11)63(81)32-50(84-54(75)33-63)39(6)56-62(52,8)86-56/h15,17,20-22,26-28,35,39-40,45,47,50-52,56,81H,5,12-14,16,18-19,23-25,29-34H2,1-4,6-11H3,(H,69,76)(H3,67,68,80)/b20-15+,36-17+/t39-,40+,45+,47+,50+,51-,52+,56+,62+,63-/m1/s1. The maximum Gasteiger partial charge on any atom is 0.334 e. The number of likely N-dealkylation sites (N-methyl/N-ethyl adjacent to an activating group) is 1. The Balaban J connectivity index is 1.31. The lowest BCUT2D eigenvalue weighted by molar-refractivity contribution is -0.187. The fraction of sp³-hybridized carbons (Fsp3) is 0.571. The van der Waals surface area contributed by atoms with Crippen molar-refractivity contribution in [3.8, 4) is 0 Å². The fourth-order valence-electron chi connectivity index (χ4n) is 10.8. The number of nitrogens with zero attached hydrogens (tertiary/aromatic N) is 2. The molecule has 472 valence electrons. The van der Waals surface area contributed by atoms with Gasteiger partial charge in [0.15, 0.2) is 5.78 Å². The van der Waals surface area contributed by atoms with Gasteiger partial charge in [-0.05, 0) is 107 Å². The van der Waals surface area contributed by atoms with Crippen molar-refractivity contribution in [1.29, 1.82) is 0 Å². The number of aliphatic hydroxyl groups is 1. The van der Waals surface area contributed by atoms with Gasteiger partial charge >= 0.3 is 23.9 Å². The van der Waals surface area contributed by atoms with Crippen LogP contribution in [0.1, 0.15) is 133 Å². The summed E-state index contributed by atoms with van der Waals surface area (Å²) in [5.74, 6) is -7.50. The molecule has 3 aliphatic heterocycles. The summed E-state index contributed by atoms with van der Waals surface area (Å²) in [4.78, 5) is 123. The third kappa shape index (κ3) is 18.8. The summed E-state index contributed by atoms with van der Waals surface area (Å²) in [7, 11) is 4.26. The molecule has 5 amide bonds. The number of carbonyl (C=O) groups excluding carboxylic acids is 9. The van der Waals surface area contributed by atoms with Crippen molar-refractivity contribution < 1.29 is 76.3 Å². The number of anilines is 1. The Hall–Kier alpha value is -6.33. The number of aryl methyl sites for hydroxylation is 1.